The molecule has 0 aliphatic heterocycles. The van der Waals surface area contributed by atoms with Gasteiger partial charge in [-0.2, -0.15) is 0 Å². The molecular weight excluding hydrogens is 356 g/mol. The number of esters is 1. The molecule has 0 saturated carbocycles. The van der Waals surface area contributed by atoms with Gasteiger partial charge >= 0.3 is 5.97 Å². The number of ether oxygens (including phenoxy) is 1. The molecule has 0 radical (unpaired) electrons. The van der Waals surface area contributed by atoms with Gasteiger partial charge in [-0.25, -0.2) is 4.98 Å². The highest BCUT2D eigenvalue weighted by molar-refractivity contribution is 7.99. The molecule has 3 aromatic rings. The molecule has 0 bridgehead atoms. The predicted molar refractivity (Wildman–Crippen MR) is 102 cm³/mol. The van der Waals surface area contributed by atoms with Crippen molar-refractivity contribution in [2.75, 3.05) is 12.4 Å². The van der Waals surface area contributed by atoms with E-state index in [4.69, 9.17) is 4.74 Å². The van der Waals surface area contributed by atoms with Gasteiger partial charge in [0.2, 0.25) is 0 Å². The van der Waals surface area contributed by atoms with E-state index in [9.17, 15) is 9.59 Å². The number of nitrogens with one attached hydrogen (secondary N) is 1. The van der Waals surface area contributed by atoms with Crippen LogP contribution in [0.1, 0.15) is 18.9 Å². The van der Waals surface area contributed by atoms with Gasteiger partial charge in [-0.3, -0.25) is 9.59 Å². The normalized spacial score (nSPS) is 11.0. The second-order valence-electron chi connectivity index (χ2n) is 5.58. The Bertz CT molecular complexity index is 945. The van der Waals surface area contributed by atoms with Crippen LogP contribution in [0.15, 0.2) is 39.6 Å². The topological polar surface area (TPSA) is 72.0 Å². The summed E-state index contributed by atoms with van der Waals surface area (Å²) < 4.78 is 5.03. The SMILES string of the molecule is CCCOC(=O)CSc1nc2scc(-c3ccc(C)cc3)c2c(=O)[nH]1. The van der Waals surface area contributed by atoms with Crippen LogP contribution in [0.25, 0.3) is 21.3 Å². The van der Waals surface area contributed by atoms with Gasteiger partial charge in [0.25, 0.3) is 5.56 Å². The lowest BCUT2D eigenvalue weighted by Crippen LogP contribution is -2.11. The molecule has 7 heteroatoms. The molecule has 0 spiro atoms. The summed E-state index contributed by atoms with van der Waals surface area (Å²) in [5.41, 5.74) is 2.86. The average molecular weight is 374 g/mol. The zero-order chi connectivity index (χ0) is 17.8. The van der Waals surface area contributed by atoms with E-state index in [0.717, 1.165) is 17.5 Å². The van der Waals surface area contributed by atoms with Crippen molar-refractivity contribution in [3.8, 4) is 11.1 Å². The van der Waals surface area contributed by atoms with Crippen molar-refractivity contribution >= 4 is 39.3 Å². The summed E-state index contributed by atoms with van der Waals surface area (Å²) >= 11 is 2.61. The zero-order valence-electron chi connectivity index (χ0n) is 14.0. The number of carbonyl (C=O) groups excluding carboxylic acids is 1. The predicted octanol–water partition coefficient (Wildman–Crippen LogP) is 4.01. The molecule has 25 heavy (non-hydrogen) atoms. The maximum Gasteiger partial charge on any atom is 0.316 e. The molecule has 1 aromatic carbocycles. The maximum atomic E-state index is 12.5. The number of aromatic nitrogens is 2. The minimum absolute atomic E-state index is 0.130. The number of aromatic amines is 1. The average Bonchev–Trinajstić information content (AvgIpc) is 3.03. The molecule has 2 heterocycles. The monoisotopic (exact) mass is 374 g/mol. The first-order chi connectivity index (χ1) is 12.1. The lowest BCUT2D eigenvalue weighted by Gasteiger charge is -2.03. The van der Waals surface area contributed by atoms with Gasteiger partial charge in [0.05, 0.1) is 17.7 Å². The molecule has 0 aliphatic rings. The number of thiophene rings is 1. The second-order valence-corrected chi connectivity index (χ2v) is 7.40. The van der Waals surface area contributed by atoms with Gasteiger partial charge in [-0.05, 0) is 18.9 Å². The molecule has 0 unspecified atom stereocenters. The van der Waals surface area contributed by atoms with Gasteiger partial charge in [-0.15, -0.1) is 11.3 Å². The summed E-state index contributed by atoms with van der Waals surface area (Å²) in [6.07, 6.45) is 0.786. The molecule has 0 saturated heterocycles. The molecule has 0 atom stereocenters. The number of hydrogen-bond acceptors (Lipinski definition) is 6. The highest BCUT2D eigenvalue weighted by Crippen LogP contribution is 2.31. The Kier molecular flexibility index (Phi) is 5.55. The Morgan fingerprint density at radius 1 is 1.32 bits per heavy atom. The van der Waals surface area contributed by atoms with Crippen LogP contribution >= 0.6 is 23.1 Å². The van der Waals surface area contributed by atoms with Gasteiger partial charge < -0.3 is 9.72 Å². The number of carbonyl (C=O) groups is 1. The molecular formula is C18H18N2O3S2. The van der Waals surface area contributed by atoms with Crippen LogP contribution in [-0.2, 0) is 9.53 Å². The number of thioether (sulfide) groups is 1. The number of nitrogens with zero attached hydrogens (tertiary/aromatic N) is 1. The van der Waals surface area contributed by atoms with Crippen LogP contribution in [0.4, 0.5) is 0 Å². The minimum atomic E-state index is -0.305. The van der Waals surface area contributed by atoms with E-state index in [-0.39, 0.29) is 17.3 Å². The van der Waals surface area contributed by atoms with Crippen LogP contribution in [0.5, 0.6) is 0 Å². The molecule has 130 valence electrons. The van der Waals surface area contributed by atoms with Gasteiger partial charge in [0, 0.05) is 10.9 Å². The molecule has 1 N–H and O–H groups in total. The quantitative estimate of drug-likeness (QED) is 0.401. The van der Waals surface area contributed by atoms with Crippen LogP contribution in [0.3, 0.4) is 0 Å². The third-order valence-electron chi connectivity index (χ3n) is 3.58. The van der Waals surface area contributed by atoms with Crippen molar-refractivity contribution in [3.63, 3.8) is 0 Å². The van der Waals surface area contributed by atoms with Crippen LogP contribution in [0, 0.1) is 6.92 Å². The van der Waals surface area contributed by atoms with E-state index >= 15 is 0 Å². The summed E-state index contributed by atoms with van der Waals surface area (Å²) in [7, 11) is 0. The molecule has 5 nitrogen and oxygen atoms in total. The third-order valence-corrected chi connectivity index (χ3v) is 5.30. The van der Waals surface area contributed by atoms with Gasteiger partial charge in [-0.1, -0.05) is 48.5 Å². The first-order valence-electron chi connectivity index (χ1n) is 7.95. The van der Waals surface area contributed by atoms with E-state index in [0.29, 0.717) is 22.0 Å². The van der Waals surface area contributed by atoms with Crippen molar-refractivity contribution in [1.82, 2.24) is 9.97 Å². The maximum absolute atomic E-state index is 12.5. The minimum Gasteiger partial charge on any atom is -0.465 e. The summed E-state index contributed by atoms with van der Waals surface area (Å²) in [6.45, 7) is 4.38. The van der Waals surface area contributed by atoms with Crippen LogP contribution in [0.2, 0.25) is 0 Å². The molecule has 0 fully saturated rings. The van der Waals surface area contributed by atoms with Crippen LogP contribution < -0.4 is 5.56 Å². The van der Waals surface area contributed by atoms with E-state index in [1.807, 2.05) is 43.5 Å². The fourth-order valence-corrected chi connectivity index (χ4v) is 3.99. The van der Waals surface area contributed by atoms with Crippen molar-refractivity contribution in [1.29, 1.82) is 0 Å². The lowest BCUT2D eigenvalue weighted by molar-refractivity contribution is -0.140. The largest absolute Gasteiger partial charge is 0.465 e. The lowest BCUT2D eigenvalue weighted by atomic mass is 10.1. The van der Waals surface area contributed by atoms with E-state index in [2.05, 4.69) is 9.97 Å². The van der Waals surface area contributed by atoms with Crippen molar-refractivity contribution < 1.29 is 9.53 Å². The Balaban J connectivity index is 1.85. The Morgan fingerprint density at radius 3 is 2.80 bits per heavy atom. The number of H-pyrrole nitrogens is 1. The van der Waals surface area contributed by atoms with Crippen molar-refractivity contribution in [3.05, 3.63) is 45.6 Å². The number of rotatable bonds is 6. The summed E-state index contributed by atoms with van der Waals surface area (Å²) in [5, 5.41) is 2.97. The summed E-state index contributed by atoms with van der Waals surface area (Å²) in [6, 6.07) is 8.05. The number of fused-ring (bicyclic) bond motifs is 1. The standard InChI is InChI=1S/C18H18N2O3S2/c1-3-8-23-14(21)10-25-18-19-16(22)15-13(9-24-17(15)20-18)12-6-4-11(2)5-7-12/h4-7,9H,3,8,10H2,1-2H3,(H,19,20,22). The fourth-order valence-electron chi connectivity index (χ4n) is 2.33. The molecule has 2 aromatic heterocycles. The van der Waals surface area contributed by atoms with E-state index < -0.39 is 0 Å². The Labute approximate surface area is 153 Å². The summed E-state index contributed by atoms with van der Waals surface area (Å²) in [4.78, 5) is 32.0. The molecule has 0 amide bonds. The first-order valence-corrected chi connectivity index (χ1v) is 9.82. The highest BCUT2D eigenvalue weighted by atomic mass is 32.2. The van der Waals surface area contributed by atoms with Crippen molar-refractivity contribution in [2.24, 2.45) is 0 Å². The van der Waals surface area contributed by atoms with Gasteiger partial charge in [0.1, 0.15) is 4.83 Å². The molecule has 3 rings (SSSR count). The number of hydrogen-bond donors (Lipinski definition) is 1. The smallest absolute Gasteiger partial charge is 0.316 e. The third kappa shape index (κ3) is 4.11. The second kappa shape index (κ2) is 7.84. The number of benzene rings is 1. The van der Waals surface area contributed by atoms with Crippen LogP contribution in [-0.4, -0.2) is 28.3 Å². The Morgan fingerprint density at radius 2 is 2.08 bits per heavy atom. The number of aryl methyl sites for hydroxylation is 1. The van der Waals surface area contributed by atoms with Gasteiger partial charge in [0.15, 0.2) is 5.16 Å². The Hall–Kier alpha value is -2.12. The van der Waals surface area contributed by atoms with E-state index in [1.54, 1.807) is 0 Å². The highest BCUT2D eigenvalue weighted by Gasteiger charge is 2.14. The van der Waals surface area contributed by atoms with Crippen molar-refractivity contribution in [2.45, 2.75) is 25.4 Å². The van der Waals surface area contributed by atoms with E-state index in [1.165, 1.54) is 28.7 Å². The fraction of sp³-hybridized carbons (Fsp3) is 0.278. The first kappa shape index (κ1) is 17.7. The molecule has 0 aliphatic carbocycles. The summed E-state index contributed by atoms with van der Waals surface area (Å²) in [5.74, 6) is -0.175. The zero-order valence-corrected chi connectivity index (χ0v) is 15.6.